The molecule has 0 aromatic heterocycles. The molecule has 2 aromatic carbocycles. The average molecular weight is 298 g/mol. The van der Waals surface area contributed by atoms with E-state index in [4.69, 9.17) is 5.11 Å². The number of hydrogen-bond donors (Lipinski definition) is 1. The predicted molar refractivity (Wildman–Crippen MR) is 88.2 cm³/mol. The van der Waals surface area contributed by atoms with E-state index in [1.54, 1.807) is 12.2 Å². The Kier molecular flexibility index (Phi) is 5.67. The molecule has 2 rings (SSSR count). The van der Waals surface area contributed by atoms with Gasteiger partial charge in [-0.1, -0.05) is 54.1 Å². The third kappa shape index (κ3) is 4.52. The Morgan fingerprint density at radius 3 is 2.38 bits per heavy atom. The normalized spacial score (nSPS) is 13.5. The summed E-state index contributed by atoms with van der Waals surface area (Å²) < 4.78 is 12.7. The number of aliphatic hydroxyl groups is 1. The second-order valence-corrected chi connectivity index (χ2v) is 6.10. The zero-order valence-corrected chi connectivity index (χ0v) is 12.7. The summed E-state index contributed by atoms with van der Waals surface area (Å²) in [5, 5.41) is 8.96. The third-order valence-electron chi connectivity index (χ3n) is 2.95. The highest BCUT2D eigenvalue weighted by Gasteiger charge is 2.08. The molecule has 2 aromatic rings. The van der Waals surface area contributed by atoms with Crippen molar-refractivity contribution in [3.63, 3.8) is 0 Å². The molecule has 1 atom stereocenters. The molecule has 0 heterocycles. The highest BCUT2D eigenvalue weighted by molar-refractivity contribution is 7.89. The van der Waals surface area contributed by atoms with Crippen LogP contribution in [-0.4, -0.2) is 15.9 Å². The van der Waals surface area contributed by atoms with Crippen molar-refractivity contribution in [2.45, 2.75) is 11.8 Å². The number of rotatable bonds is 5. The Morgan fingerprint density at radius 1 is 1.10 bits per heavy atom. The van der Waals surface area contributed by atoms with E-state index in [9.17, 15) is 4.21 Å². The van der Waals surface area contributed by atoms with Gasteiger partial charge in [-0.3, -0.25) is 0 Å². The quantitative estimate of drug-likeness (QED) is 0.855. The number of benzene rings is 2. The van der Waals surface area contributed by atoms with Gasteiger partial charge in [0.15, 0.2) is 0 Å². The molecule has 108 valence electrons. The van der Waals surface area contributed by atoms with Crippen LogP contribution in [0.1, 0.15) is 11.1 Å². The summed E-state index contributed by atoms with van der Waals surface area (Å²) in [7, 11) is -1.27. The molecule has 0 spiro atoms. The fourth-order valence-corrected chi connectivity index (χ4v) is 2.96. The topological polar surface area (TPSA) is 37.3 Å². The predicted octanol–water partition coefficient (Wildman–Crippen LogP) is 3.69. The molecule has 0 aliphatic rings. The van der Waals surface area contributed by atoms with Crippen LogP contribution < -0.4 is 0 Å². The molecule has 0 fully saturated rings. The Bertz CT molecular complexity index is 655. The highest BCUT2D eigenvalue weighted by atomic mass is 32.2. The van der Waals surface area contributed by atoms with Gasteiger partial charge in [0.1, 0.15) is 0 Å². The number of allylic oxidation sites excluding steroid dienone is 1. The van der Waals surface area contributed by atoms with Gasteiger partial charge in [-0.05, 0) is 36.8 Å². The molecule has 0 saturated carbocycles. The van der Waals surface area contributed by atoms with E-state index in [1.807, 2.05) is 67.6 Å². The third-order valence-corrected chi connectivity index (χ3v) is 4.33. The lowest BCUT2D eigenvalue weighted by Gasteiger charge is -2.05. The van der Waals surface area contributed by atoms with Crippen LogP contribution in [0.5, 0.6) is 0 Å². The molecular weight excluding hydrogens is 280 g/mol. The van der Waals surface area contributed by atoms with Crippen molar-refractivity contribution < 1.29 is 9.32 Å². The van der Waals surface area contributed by atoms with Crippen LogP contribution in [0.15, 0.2) is 76.5 Å². The van der Waals surface area contributed by atoms with Gasteiger partial charge in [-0.25, -0.2) is 4.21 Å². The molecule has 2 nitrogen and oxygen atoms in total. The first-order valence-electron chi connectivity index (χ1n) is 6.73. The fraction of sp³-hybridized carbons (Fsp3) is 0.111. The average Bonchev–Trinajstić information content (AvgIpc) is 2.52. The van der Waals surface area contributed by atoms with Crippen LogP contribution in [0.3, 0.4) is 0 Å². The molecule has 1 N–H and O–H groups in total. The summed E-state index contributed by atoms with van der Waals surface area (Å²) >= 11 is 0. The lowest BCUT2D eigenvalue weighted by Crippen LogP contribution is -1.95. The summed E-state index contributed by atoms with van der Waals surface area (Å²) in [5.41, 5.74) is 2.12. The van der Waals surface area contributed by atoms with Crippen LogP contribution >= 0.6 is 0 Å². The zero-order chi connectivity index (χ0) is 15.1. The summed E-state index contributed by atoms with van der Waals surface area (Å²) in [4.78, 5) is 1.42. The maximum Gasteiger partial charge on any atom is 0.0849 e. The minimum absolute atomic E-state index is 0.0722. The van der Waals surface area contributed by atoms with Crippen LogP contribution in [0.4, 0.5) is 0 Å². The maximum absolute atomic E-state index is 12.7. The smallest absolute Gasteiger partial charge is 0.0849 e. The van der Waals surface area contributed by atoms with Crippen molar-refractivity contribution in [1.82, 2.24) is 0 Å². The van der Waals surface area contributed by atoms with Gasteiger partial charge in [0.25, 0.3) is 0 Å². The van der Waals surface area contributed by atoms with E-state index in [0.29, 0.717) is 4.91 Å². The minimum atomic E-state index is -1.27. The molecule has 0 radical (unpaired) electrons. The van der Waals surface area contributed by atoms with Gasteiger partial charge >= 0.3 is 0 Å². The van der Waals surface area contributed by atoms with E-state index in [2.05, 4.69) is 0 Å². The zero-order valence-electron chi connectivity index (χ0n) is 11.9. The fourth-order valence-electron chi connectivity index (χ4n) is 1.84. The molecule has 0 bridgehead atoms. The Morgan fingerprint density at radius 2 is 1.76 bits per heavy atom. The van der Waals surface area contributed by atoms with E-state index in [0.717, 1.165) is 16.0 Å². The molecule has 0 amide bonds. The first-order valence-corrected chi connectivity index (χ1v) is 7.88. The van der Waals surface area contributed by atoms with Crippen molar-refractivity contribution in [3.05, 3.63) is 82.8 Å². The van der Waals surface area contributed by atoms with Gasteiger partial charge in [-0.15, -0.1) is 0 Å². The van der Waals surface area contributed by atoms with Crippen molar-refractivity contribution in [3.8, 4) is 0 Å². The second kappa shape index (κ2) is 7.72. The van der Waals surface area contributed by atoms with Gasteiger partial charge in [0.2, 0.25) is 0 Å². The molecule has 1 unspecified atom stereocenters. The molecule has 0 saturated heterocycles. The van der Waals surface area contributed by atoms with Crippen LogP contribution in [0, 0.1) is 6.92 Å². The lowest BCUT2D eigenvalue weighted by atomic mass is 10.2. The summed E-state index contributed by atoms with van der Waals surface area (Å²) in [5.74, 6) is 0. The van der Waals surface area contributed by atoms with E-state index < -0.39 is 10.8 Å². The summed E-state index contributed by atoms with van der Waals surface area (Å²) in [6.45, 7) is 1.93. The van der Waals surface area contributed by atoms with Gasteiger partial charge in [0, 0.05) is 9.80 Å². The number of aliphatic hydroxyl groups excluding tert-OH is 1. The highest BCUT2D eigenvalue weighted by Crippen LogP contribution is 2.19. The molecule has 0 aliphatic carbocycles. The largest absolute Gasteiger partial charge is 0.392 e. The first kappa shape index (κ1) is 15.4. The standard InChI is InChI=1S/C18H18O2S/c1-15-9-11-17(12-10-15)21(20)18(8-5-13-19)14-16-6-3-2-4-7-16/h2-12,14,19H,13H2,1H3/b8-5+,18-14-. The second-order valence-electron chi connectivity index (χ2n) is 4.62. The minimum Gasteiger partial charge on any atom is -0.392 e. The molecule has 3 heteroatoms. The lowest BCUT2D eigenvalue weighted by molar-refractivity contribution is 0.342. The van der Waals surface area contributed by atoms with E-state index >= 15 is 0 Å². The Labute approximate surface area is 127 Å². The van der Waals surface area contributed by atoms with Crippen LogP contribution in [-0.2, 0) is 10.8 Å². The SMILES string of the molecule is Cc1ccc(S(=O)C(=C\c2ccccc2)/C=C/CO)cc1. The summed E-state index contributed by atoms with van der Waals surface area (Å²) in [6.07, 6.45) is 5.19. The molecular formula is C18H18O2S. The van der Waals surface area contributed by atoms with Crippen LogP contribution in [0.2, 0.25) is 0 Å². The molecule has 0 aliphatic heterocycles. The first-order chi connectivity index (χ1) is 10.2. The van der Waals surface area contributed by atoms with Crippen LogP contribution in [0.25, 0.3) is 6.08 Å². The van der Waals surface area contributed by atoms with E-state index in [-0.39, 0.29) is 6.61 Å². The van der Waals surface area contributed by atoms with Gasteiger partial charge < -0.3 is 5.11 Å². The number of aryl methyl sites for hydroxylation is 1. The Hall–Kier alpha value is -1.97. The summed E-state index contributed by atoms with van der Waals surface area (Å²) in [6, 6.07) is 17.4. The number of hydrogen-bond acceptors (Lipinski definition) is 2. The Balaban J connectivity index is 2.36. The van der Waals surface area contributed by atoms with E-state index in [1.165, 1.54) is 0 Å². The van der Waals surface area contributed by atoms with Gasteiger partial charge in [-0.2, -0.15) is 0 Å². The maximum atomic E-state index is 12.7. The van der Waals surface area contributed by atoms with Gasteiger partial charge in [0.05, 0.1) is 17.4 Å². The molecule has 21 heavy (non-hydrogen) atoms. The van der Waals surface area contributed by atoms with Crippen molar-refractivity contribution >= 4 is 16.9 Å². The van der Waals surface area contributed by atoms with Crippen molar-refractivity contribution in [2.24, 2.45) is 0 Å². The van der Waals surface area contributed by atoms with Crippen molar-refractivity contribution in [2.75, 3.05) is 6.61 Å². The van der Waals surface area contributed by atoms with Crippen molar-refractivity contribution in [1.29, 1.82) is 0 Å². The monoisotopic (exact) mass is 298 g/mol.